The number of benzene rings is 2. The molecule has 1 nitrogen and oxygen atoms in total. The van der Waals surface area contributed by atoms with Crippen LogP contribution in [-0.4, -0.2) is 7.05 Å². The second kappa shape index (κ2) is 16.2. The van der Waals surface area contributed by atoms with Crippen molar-refractivity contribution in [2.75, 3.05) is 12.4 Å². The van der Waals surface area contributed by atoms with Crippen molar-refractivity contribution in [1.82, 2.24) is 0 Å². The van der Waals surface area contributed by atoms with Gasteiger partial charge in [0.25, 0.3) is 0 Å². The van der Waals surface area contributed by atoms with Crippen LogP contribution in [0.4, 0.5) is 5.69 Å². The molecule has 2 aromatic carbocycles. The van der Waals surface area contributed by atoms with Gasteiger partial charge >= 0.3 is 0 Å². The van der Waals surface area contributed by atoms with E-state index < -0.39 is 0 Å². The first-order valence-corrected chi connectivity index (χ1v) is 7.07. The molecule has 0 atom stereocenters. The van der Waals surface area contributed by atoms with Crippen LogP contribution in [0.5, 0.6) is 0 Å². The number of nitrogens with one attached hydrogen (secondary N) is 1. The normalized spacial score (nSPS) is 7.47. The fraction of sp³-hybridized carbons (Fsp3) is 0.333. The van der Waals surface area contributed by atoms with Crippen LogP contribution >= 0.6 is 0 Å². The summed E-state index contributed by atoms with van der Waals surface area (Å²) in [6.45, 7) is 10.1. The molecule has 0 heterocycles. The largest absolute Gasteiger partial charge is 0.388 e. The molecule has 0 aromatic heterocycles. The highest BCUT2D eigenvalue weighted by molar-refractivity contribution is 5.41. The molecule has 2 aromatic rings. The van der Waals surface area contributed by atoms with Crippen LogP contribution in [0.1, 0.15) is 33.3 Å². The van der Waals surface area contributed by atoms with Gasteiger partial charge in [0.1, 0.15) is 0 Å². The smallest absolute Gasteiger partial charge is 0.0337 e. The molecular weight excluding hydrogens is 230 g/mol. The monoisotopic (exact) mass is 259 g/mol. The molecule has 0 saturated carbocycles. The number of hydrogen-bond donors (Lipinski definition) is 1. The summed E-state index contributed by atoms with van der Waals surface area (Å²) in [4.78, 5) is 0. The molecule has 0 aliphatic carbocycles. The van der Waals surface area contributed by atoms with Gasteiger partial charge < -0.3 is 5.32 Å². The van der Waals surface area contributed by atoms with Crippen LogP contribution in [0, 0.1) is 6.92 Å². The zero-order valence-corrected chi connectivity index (χ0v) is 13.3. The first-order chi connectivity index (χ1) is 9.33. The average molecular weight is 259 g/mol. The van der Waals surface area contributed by atoms with E-state index in [0.29, 0.717) is 0 Å². The molecule has 0 bridgehead atoms. The van der Waals surface area contributed by atoms with E-state index in [1.54, 1.807) is 0 Å². The third-order valence-electron chi connectivity index (χ3n) is 2.00. The lowest BCUT2D eigenvalue weighted by Crippen LogP contribution is -1.84. The van der Waals surface area contributed by atoms with Gasteiger partial charge in [-0.2, -0.15) is 0 Å². The first kappa shape index (κ1) is 19.6. The maximum Gasteiger partial charge on any atom is 0.0337 e. The number of hydrogen-bond acceptors (Lipinski definition) is 1. The summed E-state index contributed by atoms with van der Waals surface area (Å²) in [6, 6.07) is 20.3. The van der Waals surface area contributed by atoms with E-state index in [2.05, 4.69) is 24.4 Å². The lowest BCUT2D eigenvalue weighted by Gasteiger charge is -1.94. The Kier molecular flexibility index (Phi) is 16.7. The first-order valence-electron chi connectivity index (χ1n) is 7.07. The molecular formula is C18H29N. The Labute approximate surface area is 119 Å². The Bertz CT molecular complexity index is 354. The molecule has 0 spiro atoms. The van der Waals surface area contributed by atoms with Gasteiger partial charge in [-0.05, 0) is 19.1 Å². The van der Waals surface area contributed by atoms with E-state index in [0.717, 1.165) is 5.69 Å². The number of anilines is 1. The van der Waals surface area contributed by atoms with Gasteiger partial charge in [-0.15, -0.1) is 0 Å². The number of aryl methyl sites for hydroxylation is 1. The maximum atomic E-state index is 3.03. The van der Waals surface area contributed by atoms with Crippen LogP contribution in [-0.2, 0) is 0 Å². The van der Waals surface area contributed by atoms with E-state index >= 15 is 0 Å². The topological polar surface area (TPSA) is 12.0 Å². The minimum absolute atomic E-state index is 1.16. The molecule has 1 N–H and O–H groups in total. The van der Waals surface area contributed by atoms with E-state index in [-0.39, 0.29) is 0 Å². The highest BCUT2D eigenvalue weighted by atomic mass is 14.8. The standard InChI is InChI=1S/C7H9N.C7H8.2C2H6/c1-8-7-5-3-2-4-6-7;1-7-5-3-2-4-6-7;2*1-2/h2-6,8H,1H3;2-6H,1H3;2*1-2H3. The highest BCUT2D eigenvalue weighted by Gasteiger charge is 1.77. The van der Waals surface area contributed by atoms with Crippen molar-refractivity contribution in [2.45, 2.75) is 34.6 Å². The Morgan fingerprint density at radius 2 is 1.00 bits per heavy atom. The van der Waals surface area contributed by atoms with Gasteiger partial charge in [0, 0.05) is 12.7 Å². The second-order valence-electron chi connectivity index (χ2n) is 3.27. The van der Waals surface area contributed by atoms with Crippen molar-refractivity contribution >= 4 is 5.69 Å². The molecule has 106 valence electrons. The lowest BCUT2D eigenvalue weighted by atomic mass is 10.2. The Hall–Kier alpha value is -1.76. The van der Waals surface area contributed by atoms with Crippen molar-refractivity contribution in [3.05, 3.63) is 66.2 Å². The molecule has 0 unspecified atom stereocenters. The lowest BCUT2D eigenvalue weighted by molar-refractivity contribution is 1.48. The van der Waals surface area contributed by atoms with E-state index in [1.807, 2.05) is 83.3 Å². The molecule has 0 aliphatic heterocycles. The molecule has 19 heavy (non-hydrogen) atoms. The zero-order chi connectivity index (χ0) is 14.9. The average Bonchev–Trinajstić information content (AvgIpc) is 2.53. The van der Waals surface area contributed by atoms with Crippen LogP contribution in [0.15, 0.2) is 60.7 Å². The fourth-order valence-corrected chi connectivity index (χ4v) is 1.14. The van der Waals surface area contributed by atoms with Gasteiger partial charge in [-0.25, -0.2) is 0 Å². The summed E-state index contributed by atoms with van der Waals surface area (Å²) in [5.74, 6) is 0. The Morgan fingerprint density at radius 3 is 1.21 bits per heavy atom. The summed E-state index contributed by atoms with van der Waals surface area (Å²) < 4.78 is 0. The van der Waals surface area contributed by atoms with Gasteiger partial charge in [0.05, 0.1) is 0 Å². The third-order valence-corrected chi connectivity index (χ3v) is 2.00. The van der Waals surface area contributed by atoms with Gasteiger partial charge in [0.15, 0.2) is 0 Å². The predicted octanol–water partition coefficient (Wildman–Crippen LogP) is 5.78. The van der Waals surface area contributed by atoms with E-state index in [9.17, 15) is 0 Å². The van der Waals surface area contributed by atoms with Crippen LogP contribution in [0.3, 0.4) is 0 Å². The minimum atomic E-state index is 1.16. The Morgan fingerprint density at radius 1 is 0.632 bits per heavy atom. The van der Waals surface area contributed by atoms with Gasteiger partial charge in [-0.3, -0.25) is 0 Å². The summed E-state index contributed by atoms with van der Waals surface area (Å²) in [7, 11) is 1.91. The molecule has 0 radical (unpaired) electrons. The molecule has 0 saturated heterocycles. The van der Waals surface area contributed by atoms with Crippen LogP contribution < -0.4 is 5.32 Å². The second-order valence-corrected chi connectivity index (χ2v) is 3.27. The van der Waals surface area contributed by atoms with Crippen LogP contribution in [0.2, 0.25) is 0 Å². The minimum Gasteiger partial charge on any atom is -0.388 e. The molecule has 0 amide bonds. The molecule has 0 fully saturated rings. The third kappa shape index (κ3) is 12.5. The highest BCUT2D eigenvalue weighted by Crippen LogP contribution is 2.01. The van der Waals surface area contributed by atoms with Crippen molar-refractivity contribution in [1.29, 1.82) is 0 Å². The molecule has 0 aliphatic rings. The van der Waals surface area contributed by atoms with Gasteiger partial charge in [-0.1, -0.05) is 81.8 Å². The predicted molar refractivity (Wildman–Crippen MR) is 89.9 cm³/mol. The fourth-order valence-electron chi connectivity index (χ4n) is 1.14. The van der Waals surface area contributed by atoms with Crippen molar-refractivity contribution in [3.8, 4) is 0 Å². The summed E-state index contributed by atoms with van der Waals surface area (Å²) >= 11 is 0. The Balaban J connectivity index is 0. The number of para-hydroxylation sites is 1. The van der Waals surface area contributed by atoms with E-state index in [4.69, 9.17) is 0 Å². The summed E-state index contributed by atoms with van der Waals surface area (Å²) in [5.41, 5.74) is 2.48. The number of rotatable bonds is 1. The maximum absolute atomic E-state index is 3.03. The van der Waals surface area contributed by atoms with Crippen molar-refractivity contribution in [2.24, 2.45) is 0 Å². The van der Waals surface area contributed by atoms with E-state index in [1.165, 1.54) is 5.56 Å². The van der Waals surface area contributed by atoms with Gasteiger partial charge in [0.2, 0.25) is 0 Å². The summed E-state index contributed by atoms with van der Waals surface area (Å²) in [6.07, 6.45) is 0. The zero-order valence-electron chi connectivity index (χ0n) is 13.3. The molecule has 2 rings (SSSR count). The quantitative estimate of drug-likeness (QED) is 0.685. The van der Waals surface area contributed by atoms with Crippen molar-refractivity contribution < 1.29 is 0 Å². The summed E-state index contributed by atoms with van der Waals surface area (Å²) in [5, 5.41) is 3.03. The SMILES string of the molecule is CC.CC.CNc1ccccc1.Cc1ccccc1. The van der Waals surface area contributed by atoms with Crippen LogP contribution in [0.25, 0.3) is 0 Å². The molecule has 1 heteroatoms. The van der Waals surface area contributed by atoms with Crippen molar-refractivity contribution in [3.63, 3.8) is 0 Å².